The number of nitrogens with zero attached hydrogens (tertiary/aromatic N) is 1. The van der Waals surface area contributed by atoms with Gasteiger partial charge in [0.25, 0.3) is 0 Å². The molecule has 0 atom stereocenters. The zero-order valence-corrected chi connectivity index (χ0v) is 19.6. The van der Waals surface area contributed by atoms with Crippen LogP contribution in [0.25, 0.3) is 0 Å². The minimum absolute atomic E-state index is 0. The summed E-state index contributed by atoms with van der Waals surface area (Å²) in [7, 11) is 1.79. The van der Waals surface area contributed by atoms with Crippen LogP contribution >= 0.6 is 24.0 Å². The monoisotopic (exact) mass is 505 g/mol. The van der Waals surface area contributed by atoms with Gasteiger partial charge in [0.1, 0.15) is 5.75 Å². The van der Waals surface area contributed by atoms with E-state index in [1.54, 1.807) is 7.05 Å². The van der Waals surface area contributed by atoms with E-state index in [4.69, 9.17) is 14.2 Å². The van der Waals surface area contributed by atoms with E-state index in [1.807, 2.05) is 12.1 Å². The second kappa shape index (κ2) is 15.8. The van der Waals surface area contributed by atoms with Crippen molar-refractivity contribution in [3.8, 4) is 5.75 Å². The zero-order valence-electron chi connectivity index (χ0n) is 17.2. The molecule has 1 aliphatic heterocycles. The van der Waals surface area contributed by atoms with E-state index in [0.717, 1.165) is 77.0 Å². The van der Waals surface area contributed by atoms with Crippen molar-refractivity contribution in [3.05, 3.63) is 29.8 Å². The van der Waals surface area contributed by atoms with Gasteiger partial charge in [0.05, 0.1) is 6.61 Å². The molecule has 0 amide bonds. The van der Waals surface area contributed by atoms with Gasteiger partial charge in [-0.2, -0.15) is 0 Å². The Morgan fingerprint density at radius 2 is 2.04 bits per heavy atom. The number of guanidine groups is 1. The third-order valence-corrected chi connectivity index (χ3v) is 4.51. The first-order chi connectivity index (χ1) is 13.3. The van der Waals surface area contributed by atoms with Gasteiger partial charge in [-0.1, -0.05) is 19.1 Å². The van der Waals surface area contributed by atoms with Crippen LogP contribution in [-0.2, 0) is 16.0 Å². The molecule has 160 valence electrons. The molecule has 2 rings (SSSR count). The van der Waals surface area contributed by atoms with Crippen molar-refractivity contribution in [1.82, 2.24) is 10.6 Å². The molecule has 0 aromatic heterocycles. The van der Waals surface area contributed by atoms with Crippen LogP contribution in [0.1, 0.15) is 38.2 Å². The highest BCUT2D eigenvalue weighted by Crippen LogP contribution is 2.15. The molecule has 2 N–H and O–H groups in total. The van der Waals surface area contributed by atoms with E-state index in [0.29, 0.717) is 12.5 Å². The highest BCUT2D eigenvalue weighted by molar-refractivity contribution is 14.0. The number of benzene rings is 1. The Morgan fingerprint density at radius 1 is 1.21 bits per heavy atom. The first-order valence-electron chi connectivity index (χ1n) is 10.1. The van der Waals surface area contributed by atoms with Gasteiger partial charge in [-0.15, -0.1) is 24.0 Å². The maximum atomic E-state index is 5.79. The summed E-state index contributed by atoms with van der Waals surface area (Å²) >= 11 is 0. The van der Waals surface area contributed by atoms with Crippen molar-refractivity contribution in [2.24, 2.45) is 10.9 Å². The fourth-order valence-electron chi connectivity index (χ4n) is 2.92. The molecule has 0 saturated carbocycles. The van der Waals surface area contributed by atoms with Gasteiger partial charge >= 0.3 is 0 Å². The van der Waals surface area contributed by atoms with Crippen LogP contribution in [0.4, 0.5) is 0 Å². The summed E-state index contributed by atoms with van der Waals surface area (Å²) in [5.41, 5.74) is 1.17. The molecule has 1 aromatic carbocycles. The summed E-state index contributed by atoms with van der Waals surface area (Å²) in [5.74, 6) is 2.39. The minimum Gasteiger partial charge on any atom is -0.494 e. The predicted octanol–water partition coefficient (Wildman–Crippen LogP) is 3.59. The first kappa shape index (κ1) is 25.0. The third-order valence-electron chi connectivity index (χ3n) is 4.51. The molecule has 0 unspecified atom stereocenters. The van der Waals surface area contributed by atoms with Gasteiger partial charge in [0, 0.05) is 46.6 Å². The SMILES string of the molecule is CCCOc1cccc(CNC(=NC)NCCCOCC2CCOCC2)c1.I. The molecule has 0 aliphatic carbocycles. The van der Waals surface area contributed by atoms with Crippen molar-refractivity contribution >= 4 is 29.9 Å². The number of hydrogen-bond acceptors (Lipinski definition) is 4. The van der Waals surface area contributed by atoms with Gasteiger partial charge in [0.15, 0.2) is 5.96 Å². The molecule has 6 nitrogen and oxygen atoms in total. The van der Waals surface area contributed by atoms with Crippen LogP contribution in [0.15, 0.2) is 29.3 Å². The summed E-state index contributed by atoms with van der Waals surface area (Å²) in [6.07, 6.45) is 4.22. The third kappa shape index (κ3) is 10.5. The Morgan fingerprint density at radius 3 is 2.79 bits per heavy atom. The molecule has 0 bridgehead atoms. The van der Waals surface area contributed by atoms with Crippen molar-refractivity contribution in [1.29, 1.82) is 0 Å². The second-order valence-corrected chi connectivity index (χ2v) is 6.83. The van der Waals surface area contributed by atoms with E-state index in [-0.39, 0.29) is 24.0 Å². The minimum atomic E-state index is 0. The Labute approximate surface area is 186 Å². The number of halogens is 1. The molecule has 1 saturated heterocycles. The van der Waals surface area contributed by atoms with E-state index >= 15 is 0 Å². The maximum Gasteiger partial charge on any atom is 0.191 e. The Kier molecular flexibility index (Phi) is 14.1. The molecule has 1 aromatic rings. The predicted molar refractivity (Wildman–Crippen MR) is 125 cm³/mol. The summed E-state index contributed by atoms with van der Waals surface area (Å²) < 4.78 is 16.8. The van der Waals surface area contributed by atoms with Crippen LogP contribution in [0.3, 0.4) is 0 Å². The lowest BCUT2D eigenvalue weighted by atomic mass is 10.0. The highest BCUT2D eigenvalue weighted by Gasteiger charge is 2.13. The quantitative estimate of drug-likeness (QED) is 0.208. The van der Waals surface area contributed by atoms with Crippen molar-refractivity contribution in [2.45, 2.75) is 39.2 Å². The molecule has 1 heterocycles. The molecule has 1 aliphatic rings. The molecular weight excluding hydrogens is 469 g/mol. The van der Waals surface area contributed by atoms with E-state index < -0.39 is 0 Å². The second-order valence-electron chi connectivity index (χ2n) is 6.83. The fraction of sp³-hybridized carbons (Fsp3) is 0.667. The lowest BCUT2D eigenvalue weighted by Gasteiger charge is -2.21. The van der Waals surface area contributed by atoms with Gasteiger partial charge in [-0.3, -0.25) is 4.99 Å². The van der Waals surface area contributed by atoms with E-state index in [2.05, 4.69) is 34.7 Å². The number of ether oxygens (including phenoxy) is 3. The van der Waals surface area contributed by atoms with Gasteiger partial charge < -0.3 is 24.8 Å². The smallest absolute Gasteiger partial charge is 0.191 e. The summed E-state index contributed by atoms with van der Waals surface area (Å²) in [4.78, 5) is 4.27. The lowest BCUT2D eigenvalue weighted by molar-refractivity contribution is 0.0203. The van der Waals surface area contributed by atoms with Gasteiger partial charge in [0.2, 0.25) is 0 Å². The number of hydrogen-bond donors (Lipinski definition) is 2. The summed E-state index contributed by atoms with van der Waals surface area (Å²) in [6.45, 7) is 7.80. The van der Waals surface area contributed by atoms with Crippen molar-refractivity contribution < 1.29 is 14.2 Å². The van der Waals surface area contributed by atoms with Crippen LogP contribution < -0.4 is 15.4 Å². The number of nitrogens with one attached hydrogen (secondary N) is 2. The molecular formula is C21H36IN3O3. The maximum absolute atomic E-state index is 5.79. The molecule has 0 radical (unpaired) electrons. The van der Waals surface area contributed by atoms with Crippen LogP contribution in [0.5, 0.6) is 5.75 Å². The Bertz CT molecular complexity index is 551. The highest BCUT2D eigenvalue weighted by atomic mass is 127. The molecule has 1 fully saturated rings. The molecule has 28 heavy (non-hydrogen) atoms. The normalized spacial score (nSPS) is 15.0. The van der Waals surface area contributed by atoms with Gasteiger partial charge in [-0.25, -0.2) is 0 Å². The van der Waals surface area contributed by atoms with Crippen LogP contribution in [-0.4, -0.2) is 52.6 Å². The Hall–Kier alpha value is -1.06. The fourth-order valence-corrected chi connectivity index (χ4v) is 2.92. The van der Waals surface area contributed by atoms with E-state index in [9.17, 15) is 0 Å². The lowest BCUT2D eigenvalue weighted by Crippen LogP contribution is -2.37. The van der Waals surface area contributed by atoms with Crippen molar-refractivity contribution in [3.63, 3.8) is 0 Å². The molecule has 7 heteroatoms. The summed E-state index contributed by atoms with van der Waals surface area (Å²) in [5, 5.41) is 6.67. The first-order valence-corrected chi connectivity index (χ1v) is 10.1. The topological polar surface area (TPSA) is 64.1 Å². The average molecular weight is 505 g/mol. The average Bonchev–Trinajstić information content (AvgIpc) is 2.72. The Balaban J connectivity index is 0.00000392. The van der Waals surface area contributed by atoms with Crippen LogP contribution in [0.2, 0.25) is 0 Å². The van der Waals surface area contributed by atoms with Gasteiger partial charge in [-0.05, 0) is 49.3 Å². The number of aliphatic imine (C=N–C) groups is 1. The zero-order chi connectivity index (χ0) is 19.2. The largest absolute Gasteiger partial charge is 0.494 e. The number of rotatable bonds is 11. The van der Waals surface area contributed by atoms with Crippen LogP contribution in [0, 0.1) is 5.92 Å². The summed E-state index contributed by atoms with van der Waals surface area (Å²) in [6, 6.07) is 8.17. The standard InChI is InChI=1S/C21H35N3O3.HI/c1-3-11-27-20-7-4-6-19(15-20)16-24-21(22-2)23-10-5-12-26-17-18-8-13-25-14-9-18;/h4,6-7,15,18H,3,5,8-14,16-17H2,1-2H3,(H2,22,23,24);1H. The molecule has 0 spiro atoms. The van der Waals surface area contributed by atoms with Crippen molar-refractivity contribution in [2.75, 3.05) is 46.6 Å². The van der Waals surface area contributed by atoms with E-state index in [1.165, 1.54) is 5.56 Å².